The Morgan fingerprint density at radius 1 is 1.31 bits per heavy atom. The molecule has 3 aromatic rings. The largest absolute Gasteiger partial charge is 0.388 e. The van der Waals surface area contributed by atoms with Crippen LogP contribution in [-0.2, 0) is 6.42 Å². The Kier molecular flexibility index (Phi) is 3.22. The van der Waals surface area contributed by atoms with Gasteiger partial charge in [0.15, 0.2) is 0 Å². The molecular formula is C19H23N5O2. The first-order valence-electron chi connectivity index (χ1n) is 9.30. The highest BCUT2D eigenvalue weighted by Crippen LogP contribution is 2.51. The molecule has 3 heterocycles. The summed E-state index contributed by atoms with van der Waals surface area (Å²) in [5.74, 6) is 1.70. The zero-order valence-electron chi connectivity index (χ0n) is 15.2. The van der Waals surface area contributed by atoms with Crippen LogP contribution in [-0.4, -0.2) is 24.8 Å². The number of aliphatic hydroxyl groups is 1. The Morgan fingerprint density at radius 3 is 2.77 bits per heavy atom. The minimum atomic E-state index is -0.597. The third kappa shape index (κ3) is 2.00. The van der Waals surface area contributed by atoms with Crippen LogP contribution in [0.1, 0.15) is 68.7 Å². The van der Waals surface area contributed by atoms with E-state index < -0.39 is 6.10 Å². The van der Waals surface area contributed by atoms with E-state index in [0.717, 1.165) is 52.9 Å². The first kappa shape index (κ1) is 15.8. The first-order chi connectivity index (χ1) is 12.5. The molecule has 1 fully saturated rings. The van der Waals surface area contributed by atoms with Gasteiger partial charge >= 0.3 is 0 Å². The number of anilines is 1. The summed E-state index contributed by atoms with van der Waals surface area (Å²) in [6.07, 6.45) is 3.82. The number of nitrogen functional groups attached to an aromatic ring is 1. The SMILES string of the molecule is CC(C)n1c2c(c3c(N)ncnc31)-c1noc(C3CC3)c1C(O)[C@H](C)C2. The third-order valence-electron chi connectivity index (χ3n) is 5.72. The van der Waals surface area contributed by atoms with Gasteiger partial charge < -0.3 is 19.9 Å². The number of hydrogen-bond acceptors (Lipinski definition) is 6. The third-order valence-corrected chi connectivity index (χ3v) is 5.72. The van der Waals surface area contributed by atoms with E-state index in [1.54, 1.807) is 0 Å². The lowest BCUT2D eigenvalue weighted by molar-refractivity contribution is 0.116. The van der Waals surface area contributed by atoms with Crippen molar-refractivity contribution >= 4 is 16.9 Å². The normalized spacial score (nSPS) is 22.5. The second-order valence-electron chi connectivity index (χ2n) is 7.95. The van der Waals surface area contributed by atoms with Gasteiger partial charge in [0.1, 0.15) is 29.2 Å². The summed E-state index contributed by atoms with van der Waals surface area (Å²) in [5.41, 5.74) is 10.7. The van der Waals surface area contributed by atoms with Gasteiger partial charge in [-0.15, -0.1) is 0 Å². The quantitative estimate of drug-likeness (QED) is 0.732. The molecular weight excluding hydrogens is 330 g/mol. The van der Waals surface area contributed by atoms with E-state index in [0.29, 0.717) is 17.4 Å². The van der Waals surface area contributed by atoms with Gasteiger partial charge in [0.05, 0.1) is 17.1 Å². The standard InChI is InChI=1S/C19H23N5O2/c1-8(2)24-11-6-9(3)16(25)14-15(23-26-17(14)10-4-5-10)12(11)13-18(20)21-7-22-19(13)24/h7-10,16,25H,4-6H2,1-3H3,(H2,20,21,22)/t9-,16?/m1/s1. The van der Waals surface area contributed by atoms with Crippen molar-refractivity contribution < 1.29 is 9.63 Å². The highest BCUT2D eigenvalue weighted by molar-refractivity contribution is 6.02. The van der Waals surface area contributed by atoms with Gasteiger partial charge in [0, 0.05) is 23.2 Å². The Labute approximate surface area is 151 Å². The Morgan fingerprint density at radius 2 is 2.08 bits per heavy atom. The van der Waals surface area contributed by atoms with Crippen molar-refractivity contribution in [2.45, 2.75) is 58.1 Å². The van der Waals surface area contributed by atoms with Gasteiger partial charge in [-0.05, 0) is 39.0 Å². The number of fused-ring (bicyclic) bond motifs is 5. The fourth-order valence-corrected chi connectivity index (χ4v) is 4.33. The molecule has 0 radical (unpaired) electrons. The summed E-state index contributed by atoms with van der Waals surface area (Å²) < 4.78 is 7.93. The van der Waals surface area contributed by atoms with E-state index in [2.05, 4.69) is 40.5 Å². The van der Waals surface area contributed by atoms with Gasteiger partial charge in [-0.3, -0.25) is 0 Å². The van der Waals surface area contributed by atoms with Gasteiger partial charge in [0.25, 0.3) is 0 Å². The number of aliphatic hydroxyl groups excluding tert-OH is 1. The molecule has 2 atom stereocenters. The van der Waals surface area contributed by atoms with Crippen LogP contribution in [0.4, 0.5) is 5.82 Å². The van der Waals surface area contributed by atoms with Crippen LogP contribution in [0.3, 0.4) is 0 Å². The molecule has 0 aromatic carbocycles. The fourth-order valence-electron chi connectivity index (χ4n) is 4.33. The van der Waals surface area contributed by atoms with E-state index in [1.807, 2.05) is 0 Å². The smallest absolute Gasteiger partial charge is 0.146 e. The molecule has 0 amide bonds. The molecule has 1 unspecified atom stereocenters. The molecule has 0 spiro atoms. The summed E-state index contributed by atoms with van der Waals surface area (Å²) in [6.45, 7) is 6.33. The van der Waals surface area contributed by atoms with Gasteiger partial charge in [-0.2, -0.15) is 0 Å². The zero-order valence-corrected chi connectivity index (χ0v) is 15.2. The molecule has 1 saturated carbocycles. The van der Waals surface area contributed by atoms with Crippen molar-refractivity contribution in [1.82, 2.24) is 19.7 Å². The van der Waals surface area contributed by atoms with Crippen molar-refractivity contribution in [2.24, 2.45) is 5.92 Å². The first-order valence-corrected chi connectivity index (χ1v) is 9.30. The van der Waals surface area contributed by atoms with Crippen LogP contribution in [0, 0.1) is 5.92 Å². The minimum absolute atomic E-state index is 0.0443. The number of nitrogens with two attached hydrogens (primary N) is 1. The van der Waals surface area contributed by atoms with Gasteiger partial charge in [-0.25, -0.2) is 9.97 Å². The predicted molar refractivity (Wildman–Crippen MR) is 97.6 cm³/mol. The second kappa shape index (κ2) is 5.30. The molecule has 5 rings (SSSR count). The average molecular weight is 353 g/mol. The number of rotatable bonds is 2. The van der Waals surface area contributed by atoms with Gasteiger partial charge in [-0.1, -0.05) is 12.1 Å². The zero-order chi connectivity index (χ0) is 18.2. The van der Waals surface area contributed by atoms with E-state index in [9.17, 15) is 5.11 Å². The Hall–Kier alpha value is -2.41. The molecule has 0 bridgehead atoms. The van der Waals surface area contributed by atoms with Crippen LogP contribution in [0.25, 0.3) is 22.3 Å². The number of hydrogen-bond donors (Lipinski definition) is 2. The van der Waals surface area contributed by atoms with Crippen molar-refractivity contribution in [2.75, 3.05) is 5.73 Å². The summed E-state index contributed by atoms with van der Waals surface area (Å²) >= 11 is 0. The fraction of sp³-hybridized carbons (Fsp3) is 0.526. The number of nitrogens with zero attached hydrogens (tertiary/aromatic N) is 4. The monoisotopic (exact) mass is 353 g/mol. The van der Waals surface area contributed by atoms with Gasteiger partial charge in [0.2, 0.25) is 0 Å². The molecule has 7 nitrogen and oxygen atoms in total. The average Bonchev–Trinajstić information content (AvgIpc) is 3.28. The molecule has 0 saturated heterocycles. The minimum Gasteiger partial charge on any atom is -0.388 e. The van der Waals surface area contributed by atoms with E-state index in [4.69, 9.17) is 10.3 Å². The van der Waals surface area contributed by atoms with Crippen LogP contribution >= 0.6 is 0 Å². The topological polar surface area (TPSA) is 103 Å². The maximum Gasteiger partial charge on any atom is 0.146 e. The van der Waals surface area contributed by atoms with E-state index in [-0.39, 0.29) is 12.0 Å². The van der Waals surface area contributed by atoms with Crippen molar-refractivity contribution in [3.8, 4) is 11.3 Å². The Bertz CT molecular complexity index is 1010. The second-order valence-corrected chi connectivity index (χ2v) is 7.95. The lowest BCUT2D eigenvalue weighted by Crippen LogP contribution is -2.14. The Balaban J connectivity index is 1.91. The molecule has 3 aromatic heterocycles. The van der Waals surface area contributed by atoms with E-state index >= 15 is 0 Å². The highest BCUT2D eigenvalue weighted by Gasteiger charge is 2.41. The molecule has 2 aliphatic carbocycles. The number of aromatic nitrogens is 4. The van der Waals surface area contributed by atoms with Crippen LogP contribution in [0.15, 0.2) is 10.9 Å². The summed E-state index contributed by atoms with van der Waals surface area (Å²) in [4.78, 5) is 8.74. The molecule has 3 N–H and O–H groups in total. The summed E-state index contributed by atoms with van der Waals surface area (Å²) in [6, 6.07) is 0.205. The van der Waals surface area contributed by atoms with Crippen molar-refractivity contribution in [3.05, 3.63) is 23.3 Å². The van der Waals surface area contributed by atoms with E-state index in [1.165, 1.54) is 6.33 Å². The molecule has 26 heavy (non-hydrogen) atoms. The maximum atomic E-state index is 11.0. The highest BCUT2D eigenvalue weighted by atomic mass is 16.5. The van der Waals surface area contributed by atoms with Crippen molar-refractivity contribution in [3.63, 3.8) is 0 Å². The molecule has 136 valence electrons. The lowest BCUT2D eigenvalue weighted by atomic mass is 9.94. The lowest BCUT2D eigenvalue weighted by Gasteiger charge is -2.19. The summed E-state index contributed by atoms with van der Waals surface area (Å²) in [7, 11) is 0. The summed E-state index contributed by atoms with van der Waals surface area (Å²) in [5, 5.41) is 16.3. The maximum absolute atomic E-state index is 11.0. The molecule has 7 heteroatoms. The molecule has 0 aliphatic heterocycles. The van der Waals surface area contributed by atoms with Crippen LogP contribution in [0.5, 0.6) is 0 Å². The predicted octanol–water partition coefficient (Wildman–Crippen LogP) is 3.35. The van der Waals surface area contributed by atoms with Crippen LogP contribution < -0.4 is 5.73 Å². The van der Waals surface area contributed by atoms with Crippen molar-refractivity contribution in [1.29, 1.82) is 0 Å². The van der Waals surface area contributed by atoms with Crippen LogP contribution in [0.2, 0.25) is 0 Å². The molecule has 2 aliphatic rings.